The van der Waals surface area contributed by atoms with Crippen molar-refractivity contribution in [3.8, 4) is 0 Å². The Balaban J connectivity index is 1.56. The highest BCUT2D eigenvalue weighted by Gasteiger charge is 2.35. The molecule has 1 aromatic heterocycles. The molecule has 0 bridgehead atoms. The van der Waals surface area contributed by atoms with Crippen LogP contribution >= 0.6 is 11.8 Å². The van der Waals surface area contributed by atoms with Crippen molar-refractivity contribution in [2.75, 3.05) is 4.90 Å². The van der Waals surface area contributed by atoms with Crippen molar-refractivity contribution in [2.45, 2.75) is 36.5 Å². The molecule has 0 saturated carbocycles. The lowest BCUT2D eigenvalue weighted by Crippen LogP contribution is -2.42. The number of thioether (sulfide) groups is 1. The van der Waals surface area contributed by atoms with Crippen LogP contribution in [0.4, 0.5) is 5.69 Å². The van der Waals surface area contributed by atoms with Gasteiger partial charge in [0.2, 0.25) is 0 Å². The first-order valence-corrected chi connectivity index (χ1v) is 11.5. The Kier molecular flexibility index (Phi) is 5.24. The number of para-hydroxylation sites is 1. The number of carbonyl (C=O) groups excluding carboxylic acids is 1. The van der Waals surface area contributed by atoms with Crippen molar-refractivity contribution in [1.29, 1.82) is 0 Å². The van der Waals surface area contributed by atoms with Gasteiger partial charge in [-0.05, 0) is 56.2 Å². The smallest absolute Gasteiger partial charge is 0.258 e. The average molecular weight is 425 g/mol. The standard InChI is InChI=1S/C27H24N2OS/c1-18-13-14-23-22(16-18)25(31-24-12-6-10-20-11-7-15-28-26(20)24)17-19(2)29(23)27(30)21-8-4-3-5-9-21/h3-16,19,25H,17H2,1-2H3/t19-,25+/m0/s1. The van der Waals surface area contributed by atoms with Gasteiger partial charge in [0.05, 0.1) is 5.52 Å². The predicted molar refractivity (Wildman–Crippen MR) is 129 cm³/mol. The van der Waals surface area contributed by atoms with Crippen molar-refractivity contribution < 1.29 is 4.79 Å². The second-order valence-corrected chi connectivity index (χ2v) is 9.37. The van der Waals surface area contributed by atoms with Crippen LogP contribution in [0.1, 0.15) is 40.1 Å². The van der Waals surface area contributed by atoms with Crippen LogP contribution in [0.3, 0.4) is 0 Å². The predicted octanol–water partition coefficient (Wildman–Crippen LogP) is 6.82. The summed E-state index contributed by atoms with van der Waals surface area (Å²) in [6, 6.07) is 26.6. The van der Waals surface area contributed by atoms with Gasteiger partial charge in [0.1, 0.15) is 0 Å². The summed E-state index contributed by atoms with van der Waals surface area (Å²) in [6.45, 7) is 4.27. The lowest BCUT2D eigenvalue weighted by atomic mass is 9.94. The fourth-order valence-corrected chi connectivity index (χ4v) is 5.83. The van der Waals surface area contributed by atoms with E-state index in [0.717, 1.165) is 28.6 Å². The Hall–Kier alpha value is -3.11. The summed E-state index contributed by atoms with van der Waals surface area (Å²) in [5.41, 5.74) is 5.22. The summed E-state index contributed by atoms with van der Waals surface area (Å²) in [5, 5.41) is 1.42. The first-order chi connectivity index (χ1) is 15.1. The number of anilines is 1. The largest absolute Gasteiger partial charge is 0.305 e. The quantitative estimate of drug-likeness (QED) is 0.362. The molecule has 31 heavy (non-hydrogen) atoms. The number of aromatic nitrogens is 1. The molecule has 0 spiro atoms. The van der Waals surface area contributed by atoms with Gasteiger partial charge in [0.25, 0.3) is 5.91 Å². The molecule has 4 heteroatoms. The number of pyridine rings is 1. The summed E-state index contributed by atoms with van der Waals surface area (Å²) in [6.07, 6.45) is 2.75. The number of amides is 1. The van der Waals surface area contributed by atoms with E-state index in [4.69, 9.17) is 0 Å². The van der Waals surface area contributed by atoms with Crippen LogP contribution in [-0.2, 0) is 0 Å². The van der Waals surface area contributed by atoms with Gasteiger partial charge < -0.3 is 4.90 Å². The van der Waals surface area contributed by atoms with Crippen LogP contribution < -0.4 is 4.90 Å². The van der Waals surface area contributed by atoms with Gasteiger partial charge in [-0.2, -0.15) is 0 Å². The zero-order valence-electron chi connectivity index (χ0n) is 17.7. The second-order valence-electron chi connectivity index (χ2n) is 8.13. The van der Waals surface area contributed by atoms with Gasteiger partial charge >= 0.3 is 0 Å². The van der Waals surface area contributed by atoms with Gasteiger partial charge in [0.15, 0.2) is 0 Å². The Morgan fingerprint density at radius 2 is 1.81 bits per heavy atom. The highest BCUT2D eigenvalue weighted by Crippen LogP contribution is 2.48. The van der Waals surface area contributed by atoms with Crippen molar-refractivity contribution in [2.24, 2.45) is 0 Å². The Bertz CT molecular complexity index is 1250. The van der Waals surface area contributed by atoms with Crippen LogP contribution in [-0.4, -0.2) is 16.9 Å². The molecule has 1 amide bonds. The molecule has 0 unspecified atom stereocenters. The highest BCUT2D eigenvalue weighted by molar-refractivity contribution is 7.99. The number of rotatable bonds is 3. The molecule has 0 fully saturated rings. The van der Waals surface area contributed by atoms with Crippen molar-refractivity contribution in [3.05, 3.63) is 102 Å². The molecule has 1 aliphatic heterocycles. The van der Waals surface area contributed by atoms with Gasteiger partial charge in [-0.1, -0.05) is 54.1 Å². The maximum Gasteiger partial charge on any atom is 0.258 e. The fraction of sp³-hybridized carbons (Fsp3) is 0.185. The summed E-state index contributed by atoms with van der Waals surface area (Å²) < 4.78 is 0. The number of hydrogen-bond acceptors (Lipinski definition) is 3. The zero-order valence-corrected chi connectivity index (χ0v) is 18.5. The van der Waals surface area contributed by atoms with Crippen molar-refractivity contribution >= 4 is 34.3 Å². The third-order valence-corrected chi connectivity index (χ3v) is 7.20. The molecule has 0 saturated heterocycles. The van der Waals surface area contributed by atoms with Crippen molar-refractivity contribution in [3.63, 3.8) is 0 Å². The molecular weight excluding hydrogens is 400 g/mol. The number of fused-ring (bicyclic) bond motifs is 2. The molecule has 154 valence electrons. The number of hydrogen-bond donors (Lipinski definition) is 0. The molecule has 5 rings (SSSR count). The molecule has 1 aliphatic rings. The summed E-state index contributed by atoms with van der Waals surface area (Å²) in [5.74, 6) is 0.0634. The second kappa shape index (κ2) is 8.20. The summed E-state index contributed by atoms with van der Waals surface area (Å²) >= 11 is 1.86. The molecule has 4 aromatic rings. The maximum atomic E-state index is 13.4. The van der Waals surface area contributed by atoms with E-state index in [2.05, 4.69) is 61.3 Å². The van der Waals surface area contributed by atoms with Gasteiger partial charge in [0, 0.05) is 39.0 Å². The van der Waals surface area contributed by atoms with E-state index in [1.165, 1.54) is 16.0 Å². The Morgan fingerprint density at radius 3 is 2.65 bits per heavy atom. The molecular formula is C27H24N2OS. The highest BCUT2D eigenvalue weighted by atomic mass is 32.2. The minimum atomic E-state index is 0.0634. The van der Waals surface area contributed by atoms with Gasteiger partial charge in [-0.15, -0.1) is 11.8 Å². The molecule has 0 radical (unpaired) electrons. The van der Waals surface area contributed by atoms with E-state index in [1.807, 2.05) is 59.3 Å². The molecule has 3 nitrogen and oxygen atoms in total. The topological polar surface area (TPSA) is 33.2 Å². The lowest BCUT2D eigenvalue weighted by Gasteiger charge is -2.39. The Labute approximate surface area is 187 Å². The van der Waals surface area contributed by atoms with Gasteiger partial charge in [-0.3, -0.25) is 9.78 Å². The van der Waals surface area contributed by atoms with Crippen LogP contribution in [0, 0.1) is 6.92 Å². The number of benzene rings is 3. The van der Waals surface area contributed by atoms with Crippen molar-refractivity contribution in [1.82, 2.24) is 4.98 Å². The van der Waals surface area contributed by atoms with Gasteiger partial charge in [-0.25, -0.2) is 0 Å². The van der Waals surface area contributed by atoms with E-state index in [1.54, 1.807) is 0 Å². The monoisotopic (exact) mass is 424 g/mol. The van der Waals surface area contributed by atoms with E-state index >= 15 is 0 Å². The normalized spacial score (nSPS) is 18.1. The minimum absolute atomic E-state index is 0.0634. The SMILES string of the molecule is Cc1ccc2c(c1)[C@H](Sc1cccc3cccnc13)C[C@H](C)N2C(=O)c1ccccc1. The molecule has 3 aromatic carbocycles. The molecule has 2 heterocycles. The van der Waals surface area contributed by atoms with Crippen LogP contribution in [0.15, 0.2) is 90.0 Å². The van der Waals surface area contributed by atoms with E-state index < -0.39 is 0 Å². The van der Waals surface area contributed by atoms with Crippen LogP contribution in [0.25, 0.3) is 10.9 Å². The summed E-state index contributed by atoms with van der Waals surface area (Å²) in [4.78, 5) is 21.2. The number of carbonyl (C=O) groups is 1. The molecule has 0 aliphatic carbocycles. The Morgan fingerprint density at radius 1 is 1.00 bits per heavy atom. The van der Waals surface area contributed by atoms with Crippen LogP contribution in [0.5, 0.6) is 0 Å². The first-order valence-electron chi connectivity index (χ1n) is 10.6. The fourth-order valence-electron chi connectivity index (χ4n) is 4.40. The number of nitrogens with zero attached hydrogens (tertiary/aromatic N) is 2. The molecule has 2 atom stereocenters. The number of aryl methyl sites for hydroxylation is 1. The third kappa shape index (κ3) is 3.72. The zero-order chi connectivity index (χ0) is 21.4. The van der Waals surface area contributed by atoms with E-state index in [-0.39, 0.29) is 17.2 Å². The average Bonchev–Trinajstić information content (AvgIpc) is 2.80. The van der Waals surface area contributed by atoms with E-state index in [9.17, 15) is 4.79 Å². The van der Waals surface area contributed by atoms with Crippen LogP contribution in [0.2, 0.25) is 0 Å². The third-order valence-electron chi connectivity index (χ3n) is 5.89. The maximum absolute atomic E-state index is 13.4. The summed E-state index contributed by atoms with van der Waals surface area (Å²) in [7, 11) is 0. The molecule has 0 N–H and O–H groups in total. The lowest BCUT2D eigenvalue weighted by molar-refractivity contribution is 0.0975. The minimum Gasteiger partial charge on any atom is -0.305 e. The van der Waals surface area contributed by atoms with E-state index in [0.29, 0.717) is 0 Å². The first kappa shape index (κ1) is 19.8.